The van der Waals surface area contributed by atoms with Crippen LogP contribution in [-0.2, 0) is 6.54 Å². The molecule has 112 valence electrons. The molecule has 0 aliphatic heterocycles. The zero-order valence-electron chi connectivity index (χ0n) is 12.1. The minimum absolute atomic E-state index is 0.201. The number of carbonyl (C=O) groups is 1. The Labute approximate surface area is 123 Å². The van der Waals surface area contributed by atoms with Crippen LogP contribution in [0.4, 0.5) is 5.69 Å². The maximum Gasteiger partial charge on any atom is 0.257 e. The lowest BCUT2D eigenvalue weighted by atomic mass is 10.1. The van der Waals surface area contributed by atoms with Gasteiger partial charge in [0.05, 0.1) is 13.4 Å². The molecule has 0 saturated heterocycles. The van der Waals surface area contributed by atoms with Gasteiger partial charge in [0.2, 0.25) is 0 Å². The second kappa shape index (κ2) is 7.33. The lowest BCUT2D eigenvalue weighted by molar-refractivity contribution is 0.0951. The predicted molar refractivity (Wildman–Crippen MR) is 81.2 cm³/mol. The molecular weight excluding hydrogens is 268 g/mol. The number of nitrogen functional groups attached to an aromatic ring is 1. The Morgan fingerprint density at radius 3 is 3.00 bits per heavy atom. The number of anilines is 1. The van der Waals surface area contributed by atoms with E-state index < -0.39 is 0 Å². The molecule has 0 atom stereocenters. The number of imidazole rings is 1. The van der Waals surface area contributed by atoms with Gasteiger partial charge < -0.3 is 20.4 Å². The zero-order valence-corrected chi connectivity index (χ0v) is 12.1. The highest BCUT2D eigenvalue weighted by Crippen LogP contribution is 2.23. The van der Waals surface area contributed by atoms with Crippen LogP contribution in [0.25, 0.3) is 0 Å². The van der Waals surface area contributed by atoms with Gasteiger partial charge in [-0.25, -0.2) is 4.98 Å². The van der Waals surface area contributed by atoms with Crippen molar-refractivity contribution in [3.63, 3.8) is 0 Å². The van der Waals surface area contributed by atoms with Crippen molar-refractivity contribution in [3.8, 4) is 5.75 Å². The number of carbonyl (C=O) groups excluding carboxylic acids is 1. The number of methoxy groups -OCH3 is 1. The molecule has 0 fully saturated rings. The van der Waals surface area contributed by atoms with E-state index in [9.17, 15) is 4.79 Å². The summed E-state index contributed by atoms with van der Waals surface area (Å²) in [6, 6.07) is 5.18. The van der Waals surface area contributed by atoms with Crippen molar-refractivity contribution in [2.45, 2.75) is 19.4 Å². The van der Waals surface area contributed by atoms with E-state index >= 15 is 0 Å². The standard InChI is InChI=1S/C15H20N4O2/c1-21-13-6-4-5-12(16)14(13)15(20)18-7-2-3-9-19-10-8-17-11-19/h4-6,8,10-11H,2-3,7,9,16H2,1H3,(H,18,20). The first-order chi connectivity index (χ1) is 10.2. The molecule has 0 spiro atoms. The van der Waals surface area contributed by atoms with Gasteiger partial charge in [-0.15, -0.1) is 0 Å². The first-order valence-corrected chi connectivity index (χ1v) is 6.89. The van der Waals surface area contributed by atoms with Crippen molar-refractivity contribution < 1.29 is 9.53 Å². The van der Waals surface area contributed by atoms with E-state index in [1.165, 1.54) is 7.11 Å². The van der Waals surface area contributed by atoms with Crippen LogP contribution >= 0.6 is 0 Å². The Kier molecular flexibility index (Phi) is 5.20. The summed E-state index contributed by atoms with van der Waals surface area (Å²) in [6.45, 7) is 1.50. The highest BCUT2D eigenvalue weighted by Gasteiger charge is 2.14. The minimum Gasteiger partial charge on any atom is -0.496 e. The molecule has 1 amide bonds. The molecule has 2 rings (SSSR count). The lowest BCUT2D eigenvalue weighted by Gasteiger charge is -2.11. The average molecular weight is 288 g/mol. The van der Waals surface area contributed by atoms with Crippen LogP contribution in [0.5, 0.6) is 5.75 Å². The molecule has 3 N–H and O–H groups in total. The molecule has 0 aliphatic rings. The van der Waals surface area contributed by atoms with E-state index in [2.05, 4.69) is 10.3 Å². The maximum atomic E-state index is 12.2. The first-order valence-electron chi connectivity index (χ1n) is 6.89. The van der Waals surface area contributed by atoms with Crippen LogP contribution in [0.1, 0.15) is 23.2 Å². The van der Waals surface area contributed by atoms with Gasteiger partial charge in [0.1, 0.15) is 11.3 Å². The number of nitrogens with zero attached hydrogens (tertiary/aromatic N) is 2. The summed E-state index contributed by atoms with van der Waals surface area (Å²) in [6.07, 6.45) is 7.32. The average Bonchev–Trinajstić information content (AvgIpc) is 2.99. The van der Waals surface area contributed by atoms with Crippen LogP contribution in [0, 0.1) is 0 Å². The molecule has 0 unspecified atom stereocenters. The van der Waals surface area contributed by atoms with E-state index in [-0.39, 0.29) is 5.91 Å². The summed E-state index contributed by atoms with van der Waals surface area (Å²) in [7, 11) is 1.52. The second-order valence-corrected chi connectivity index (χ2v) is 4.69. The monoisotopic (exact) mass is 288 g/mol. The molecule has 1 aromatic carbocycles. The number of nitrogens with one attached hydrogen (secondary N) is 1. The molecule has 2 aromatic rings. The predicted octanol–water partition coefficient (Wildman–Crippen LogP) is 1.68. The Morgan fingerprint density at radius 2 is 2.29 bits per heavy atom. The van der Waals surface area contributed by atoms with E-state index in [0.717, 1.165) is 19.4 Å². The summed E-state index contributed by atoms with van der Waals surface area (Å²) >= 11 is 0. The number of unbranched alkanes of at least 4 members (excludes halogenated alkanes) is 1. The van der Waals surface area contributed by atoms with Crippen LogP contribution in [0.3, 0.4) is 0 Å². The Balaban J connectivity index is 1.79. The van der Waals surface area contributed by atoms with Gasteiger partial charge in [-0.2, -0.15) is 0 Å². The summed E-state index contributed by atoms with van der Waals surface area (Å²) in [5.41, 5.74) is 6.66. The molecule has 0 bridgehead atoms. The summed E-state index contributed by atoms with van der Waals surface area (Å²) < 4.78 is 7.19. The third kappa shape index (κ3) is 3.98. The van der Waals surface area contributed by atoms with Gasteiger partial charge in [0.25, 0.3) is 5.91 Å². The van der Waals surface area contributed by atoms with Crippen molar-refractivity contribution in [1.29, 1.82) is 0 Å². The molecular formula is C15H20N4O2. The first kappa shape index (κ1) is 14.9. The summed E-state index contributed by atoms with van der Waals surface area (Å²) in [5, 5.41) is 2.87. The number of aryl methyl sites for hydroxylation is 1. The van der Waals surface area contributed by atoms with Gasteiger partial charge in [-0.3, -0.25) is 4.79 Å². The quantitative estimate of drug-likeness (QED) is 0.600. The van der Waals surface area contributed by atoms with Crippen LogP contribution in [-0.4, -0.2) is 29.1 Å². The highest BCUT2D eigenvalue weighted by molar-refractivity contribution is 6.01. The van der Waals surface area contributed by atoms with E-state index in [4.69, 9.17) is 10.5 Å². The molecule has 0 radical (unpaired) electrons. The van der Waals surface area contributed by atoms with Crippen molar-refractivity contribution in [2.75, 3.05) is 19.4 Å². The van der Waals surface area contributed by atoms with E-state index in [1.807, 2.05) is 10.8 Å². The van der Waals surface area contributed by atoms with Crippen molar-refractivity contribution in [2.24, 2.45) is 0 Å². The molecule has 6 nitrogen and oxygen atoms in total. The van der Waals surface area contributed by atoms with E-state index in [0.29, 0.717) is 23.5 Å². The normalized spacial score (nSPS) is 10.3. The molecule has 6 heteroatoms. The van der Waals surface area contributed by atoms with Gasteiger partial charge in [0, 0.05) is 31.2 Å². The third-order valence-electron chi connectivity index (χ3n) is 3.19. The van der Waals surface area contributed by atoms with Crippen LogP contribution in [0.2, 0.25) is 0 Å². The number of amides is 1. The van der Waals surface area contributed by atoms with Crippen molar-refractivity contribution in [1.82, 2.24) is 14.9 Å². The fourth-order valence-electron chi connectivity index (χ4n) is 2.09. The van der Waals surface area contributed by atoms with Crippen LogP contribution < -0.4 is 15.8 Å². The third-order valence-corrected chi connectivity index (χ3v) is 3.19. The van der Waals surface area contributed by atoms with Gasteiger partial charge in [0.15, 0.2) is 0 Å². The molecule has 1 aromatic heterocycles. The number of hydrogen-bond donors (Lipinski definition) is 2. The number of aromatic nitrogens is 2. The highest BCUT2D eigenvalue weighted by atomic mass is 16.5. The molecule has 0 aliphatic carbocycles. The van der Waals surface area contributed by atoms with Gasteiger partial charge in [-0.05, 0) is 25.0 Å². The largest absolute Gasteiger partial charge is 0.496 e. The second-order valence-electron chi connectivity index (χ2n) is 4.69. The fraction of sp³-hybridized carbons (Fsp3) is 0.333. The Morgan fingerprint density at radius 1 is 1.43 bits per heavy atom. The topological polar surface area (TPSA) is 82.2 Å². The fourth-order valence-corrected chi connectivity index (χ4v) is 2.09. The van der Waals surface area contributed by atoms with E-state index in [1.54, 1.807) is 30.7 Å². The molecule has 0 saturated carbocycles. The maximum absolute atomic E-state index is 12.2. The number of hydrogen-bond acceptors (Lipinski definition) is 4. The number of benzene rings is 1. The Hall–Kier alpha value is -2.50. The Bertz CT molecular complexity index is 581. The van der Waals surface area contributed by atoms with Gasteiger partial charge in [-0.1, -0.05) is 6.07 Å². The molecule has 21 heavy (non-hydrogen) atoms. The van der Waals surface area contributed by atoms with Gasteiger partial charge >= 0.3 is 0 Å². The minimum atomic E-state index is -0.201. The summed E-state index contributed by atoms with van der Waals surface area (Å²) in [5.74, 6) is 0.290. The van der Waals surface area contributed by atoms with Crippen LogP contribution in [0.15, 0.2) is 36.9 Å². The SMILES string of the molecule is COc1cccc(N)c1C(=O)NCCCCn1ccnc1. The number of rotatable bonds is 7. The number of ether oxygens (including phenoxy) is 1. The summed E-state index contributed by atoms with van der Waals surface area (Å²) in [4.78, 5) is 16.1. The number of nitrogens with two attached hydrogens (primary N) is 1. The van der Waals surface area contributed by atoms with Crippen molar-refractivity contribution in [3.05, 3.63) is 42.5 Å². The smallest absolute Gasteiger partial charge is 0.257 e. The zero-order chi connectivity index (χ0) is 15.1. The lowest BCUT2D eigenvalue weighted by Crippen LogP contribution is -2.26. The van der Waals surface area contributed by atoms with Crippen molar-refractivity contribution >= 4 is 11.6 Å². The molecule has 1 heterocycles.